The standard InChI is InChI=1S/C9H16N4O2/c1-14-6-7(10)8-11-9(12-15-8)13-4-2-3-5-13/h7H,2-6,10H2,1H3. The molecular formula is C9H16N4O2. The van der Waals surface area contributed by atoms with E-state index in [1.165, 1.54) is 12.8 Å². The van der Waals surface area contributed by atoms with Crippen molar-refractivity contribution >= 4 is 5.95 Å². The topological polar surface area (TPSA) is 77.4 Å². The average Bonchev–Trinajstić information content (AvgIpc) is 2.89. The van der Waals surface area contributed by atoms with E-state index in [1.54, 1.807) is 7.11 Å². The van der Waals surface area contributed by atoms with E-state index in [9.17, 15) is 0 Å². The molecule has 0 radical (unpaired) electrons. The summed E-state index contributed by atoms with van der Waals surface area (Å²) in [4.78, 5) is 6.36. The molecule has 0 saturated carbocycles. The van der Waals surface area contributed by atoms with E-state index in [2.05, 4.69) is 15.0 Å². The van der Waals surface area contributed by atoms with E-state index >= 15 is 0 Å². The normalized spacial score (nSPS) is 18.4. The molecule has 2 N–H and O–H groups in total. The minimum absolute atomic E-state index is 0.334. The van der Waals surface area contributed by atoms with Gasteiger partial charge in [-0.1, -0.05) is 0 Å². The predicted octanol–water partition coefficient (Wildman–Crippen LogP) is 0.316. The Kier molecular flexibility index (Phi) is 3.17. The van der Waals surface area contributed by atoms with Gasteiger partial charge >= 0.3 is 0 Å². The van der Waals surface area contributed by atoms with Crippen molar-refractivity contribution in [1.82, 2.24) is 10.1 Å². The van der Waals surface area contributed by atoms with Crippen LogP contribution in [-0.4, -0.2) is 36.9 Å². The fourth-order valence-electron chi connectivity index (χ4n) is 1.67. The Morgan fingerprint density at radius 2 is 2.27 bits per heavy atom. The van der Waals surface area contributed by atoms with E-state index in [4.69, 9.17) is 15.0 Å². The average molecular weight is 212 g/mol. The predicted molar refractivity (Wildman–Crippen MR) is 54.5 cm³/mol. The summed E-state index contributed by atoms with van der Waals surface area (Å²) in [7, 11) is 1.59. The number of rotatable bonds is 4. The number of nitrogens with two attached hydrogens (primary N) is 1. The third-order valence-corrected chi connectivity index (χ3v) is 2.48. The molecule has 1 aromatic rings. The minimum atomic E-state index is -0.334. The van der Waals surface area contributed by atoms with Gasteiger partial charge in [-0.25, -0.2) is 0 Å². The second-order valence-corrected chi connectivity index (χ2v) is 3.69. The highest BCUT2D eigenvalue weighted by Gasteiger charge is 2.20. The van der Waals surface area contributed by atoms with Crippen molar-refractivity contribution in [3.63, 3.8) is 0 Å². The molecule has 15 heavy (non-hydrogen) atoms. The van der Waals surface area contributed by atoms with Gasteiger partial charge in [-0.3, -0.25) is 0 Å². The van der Waals surface area contributed by atoms with Crippen LogP contribution in [0.25, 0.3) is 0 Å². The highest BCUT2D eigenvalue weighted by molar-refractivity contribution is 5.29. The van der Waals surface area contributed by atoms with Crippen molar-refractivity contribution in [2.75, 3.05) is 31.7 Å². The highest BCUT2D eigenvalue weighted by Crippen LogP contribution is 2.18. The van der Waals surface area contributed by atoms with Gasteiger partial charge in [-0.2, -0.15) is 4.98 Å². The molecule has 2 rings (SSSR count). The number of hydrogen-bond acceptors (Lipinski definition) is 6. The molecule has 0 aliphatic carbocycles. The summed E-state index contributed by atoms with van der Waals surface area (Å²) in [5, 5.41) is 3.91. The molecule has 84 valence electrons. The van der Waals surface area contributed by atoms with E-state index in [0.29, 0.717) is 18.4 Å². The van der Waals surface area contributed by atoms with Gasteiger partial charge in [0, 0.05) is 20.2 Å². The van der Waals surface area contributed by atoms with Crippen LogP contribution in [0.5, 0.6) is 0 Å². The molecule has 1 atom stereocenters. The molecule has 6 nitrogen and oxygen atoms in total. The zero-order valence-corrected chi connectivity index (χ0v) is 8.85. The summed E-state index contributed by atoms with van der Waals surface area (Å²) >= 11 is 0. The molecule has 6 heteroatoms. The third-order valence-electron chi connectivity index (χ3n) is 2.48. The van der Waals surface area contributed by atoms with Gasteiger partial charge in [0.2, 0.25) is 5.89 Å². The Bertz CT molecular complexity index is 309. The minimum Gasteiger partial charge on any atom is -0.383 e. The van der Waals surface area contributed by atoms with Crippen LogP contribution < -0.4 is 10.6 Å². The van der Waals surface area contributed by atoms with Crippen molar-refractivity contribution in [2.45, 2.75) is 18.9 Å². The van der Waals surface area contributed by atoms with Crippen LogP contribution in [0.3, 0.4) is 0 Å². The zero-order valence-electron chi connectivity index (χ0n) is 8.85. The largest absolute Gasteiger partial charge is 0.383 e. The fourth-order valence-corrected chi connectivity index (χ4v) is 1.67. The molecule has 0 spiro atoms. The zero-order chi connectivity index (χ0) is 10.7. The van der Waals surface area contributed by atoms with Gasteiger partial charge < -0.3 is 19.9 Å². The maximum atomic E-state index is 5.78. The number of hydrogen-bond donors (Lipinski definition) is 1. The van der Waals surface area contributed by atoms with Crippen molar-refractivity contribution in [1.29, 1.82) is 0 Å². The third kappa shape index (κ3) is 2.27. The lowest BCUT2D eigenvalue weighted by atomic mass is 10.3. The van der Waals surface area contributed by atoms with Gasteiger partial charge in [0.25, 0.3) is 5.95 Å². The Labute approximate surface area is 88.4 Å². The van der Waals surface area contributed by atoms with Crippen LogP contribution in [-0.2, 0) is 4.74 Å². The van der Waals surface area contributed by atoms with E-state index < -0.39 is 0 Å². The van der Waals surface area contributed by atoms with Crippen molar-refractivity contribution in [2.24, 2.45) is 5.73 Å². The lowest BCUT2D eigenvalue weighted by Crippen LogP contribution is -2.20. The van der Waals surface area contributed by atoms with Crippen LogP contribution in [0.2, 0.25) is 0 Å². The molecule has 1 fully saturated rings. The second kappa shape index (κ2) is 4.59. The number of anilines is 1. The molecule has 1 aliphatic heterocycles. The smallest absolute Gasteiger partial charge is 0.266 e. The Morgan fingerprint density at radius 3 is 2.93 bits per heavy atom. The first kappa shape index (κ1) is 10.4. The quantitative estimate of drug-likeness (QED) is 0.774. The van der Waals surface area contributed by atoms with E-state index in [1.807, 2.05) is 0 Å². The molecule has 0 bridgehead atoms. The van der Waals surface area contributed by atoms with Gasteiger partial charge in [-0.15, -0.1) is 0 Å². The summed E-state index contributed by atoms with van der Waals surface area (Å²) in [6, 6.07) is -0.334. The Morgan fingerprint density at radius 1 is 1.53 bits per heavy atom. The summed E-state index contributed by atoms with van der Waals surface area (Å²) < 4.78 is 10.0. The summed E-state index contributed by atoms with van der Waals surface area (Å²) in [5.74, 6) is 1.09. The van der Waals surface area contributed by atoms with Crippen LogP contribution in [0.4, 0.5) is 5.95 Å². The SMILES string of the molecule is COCC(N)c1nc(N2CCCC2)no1. The van der Waals surface area contributed by atoms with Crippen LogP contribution in [0, 0.1) is 0 Å². The molecule has 1 aliphatic rings. The molecular weight excluding hydrogens is 196 g/mol. The van der Waals surface area contributed by atoms with E-state index in [0.717, 1.165) is 13.1 Å². The van der Waals surface area contributed by atoms with Crippen molar-refractivity contribution in [3.8, 4) is 0 Å². The van der Waals surface area contributed by atoms with Gasteiger partial charge in [-0.05, 0) is 18.0 Å². The Balaban J connectivity index is 2.02. The molecule has 1 unspecified atom stereocenters. The number of ether oxygens (including phenoxy) is 1. The molecule has 0 aromatic carbocycles. The van der Waals surface area contributed by atoms with Crippen LogP contribution in [0.15, 0.2) is 4.52 Å². The summed E-state index contributed by atoms with van der Waals surface area (Å²) in [6.45, 7) is 2.39. The summed E-state index contributed by atoms with van der Waals surface area (Å²) in [5.41, 5.74) is 5.78. The number of methoxy groups -OCH3 is 1. The van der Waals surface area contributed by atoms with Gasteiger partial charge in [0.05, 0.1) is 6.61 Å². The lowest BCUT2D eigenvalue weighted by molar-refractivity contribution is 0.166. The van der Waals surface area contributed by atoms with Gasteiger partial charge in [0.1, 0.15) is 6.04 Å². The highest BCUT2D eigenvalue weighted by atomic mass is 16.5. The Hall–Kier alpha value is -1.14. The molecule has 1 saturated heterocycles. The monoisotopic (exact) mass is 212 g/mol. The maximum Gasteiger partial charge on any atom is 0.266 e. The first-order valence-electron chi connectivity index (χ1n) is 5.14. The second-order valence-electron chi connectivity index (χ2n) is 3.69. The molecule has 1 aromatic heterocycles. The maximum absolute atomic E-state index is 5.78. The molecule has 2 heterocycles. The van der Waals surface area contributed by atoms with Crippen molar-refractivity contribution < 1.29 is 9.26 Å². The fraction of sp³-hybridized carbons (Fsp3) is 0.778. The van der Waals surface area contributed by atoms with Gasteiger partial charge in [0.15, 0.2) is 0 Å². The first-order chi connectivity index (χ1) is 7.31. The summed E-state index contributed by atoms with van der Waals surface area (Å²) in [6.07, 6.45) is 2.38. The van der Waals surface area contributed by atoms with Crippen LogP contribution >= 0.6 is 0 Å². The molecule has 0 amide bonds. The van der Waals surface area contributed by atoms with Crippen LogP contribution in [0.1, 0.15) is 24.8 Å². The van der Waals surface area contributed by atoms with E-state index in [-0.39, 0.29) is 6.04 Å². The number of nitrogens with zero attached hydrogens (tertiary/aromatic N) is 3. The number of aromatic nitrogens is 2. The first-order valence-corrected chi connectivity index (χ1v) is 5.14. The van der Waals surface area contributed by atoms with Crippen molar-refractivity contribution in [3.05, 3.63) is 5.89 Å². The lowest BCUT2D eigenvalue weighted by Gasteiger charge is -2.10.